The molecule has 1 heterocycles. The fourth-order valence-corrected chi connectivity index (χ4v) is 2.29. The molecule has 1 aromatic rings. The molecule has 0 spiro atoms. The second-order valence-corrected chi connectivity index (χ2v) is 6.04. The van der Waals surface area contributed by atoms with Crippen LogP contribution in [0.1, 0.15) is 45.7 Å². The van der Waals surface area contributed by atoms with Crippen molar-refractivity contribution in [3.05, 3.63) is 11.9 Å². The number of alkyl halides is 2. The van der Waals surface area contributed by atoms with Crippen molar-refractivity contribution >= 4 is 11.7 Å². The zero-order valence-electron chi connectivity index (χ0n) is 12.6. The minimum absolute atomic E-state index is 0.0608. The Morgan fingerprint density at radius 1 is 1.43 bits per heavy atom. The second kappa shape index (κ2) is 6.41. The fourth-order valence-electron chi connectivity index (χ4n) is 2.29. The standard InChI is InChI=1S/C14H22F2N4O/c1-8(2)7-20-12(13(15)16)11(6-17-20)19-14(21)18-9(3)10-4-5-10/h6,8-10,13H,4-5,7H2,1-3H3,(H2,18,19,21)/t9-/m0/s1. The van der Waals surface area contributed by atoms with Crippen LogP contribution in [-0.2, 0) is 6.54 Å². The van der Waals surface area contributed by atoms with Crippen molar-refractivity contribution in [2.45, 2.75) is 52.6 Å². The van der Waals surface area contributed by atoms with E-state index < -0.39 is 12.5 Å². The lowest BCUT2D eigenvalue weighted by atomic mass is 10.2. The monoisotopic (exact) mass is 300 g/mol. The highest BCUT2D eigenvalue weighted by atomic mass is 19.3. The summed E-state index contributed by atoms with van der Waals surface area (Å²) >= 11 is 0. The Hall–Kier alpha value is -1.66. The lowest BCUT2D eigenvalue weighted by molar-refractivity contribution is 0.138. The van der Waals surface area contributed by atoms with Gasteiger partial charge in [0.05, 0.1) is 11.9 Å². The molecule has 1 atom stereocenters. The first-order valence-corrected chi connectivity index (χ1v) is 7.29. The highest BCUT2D eigenvalue weighted by Gasteiger charge is 2.29. The maximum atomic E-state index is 13.2. The van der Waals surface area contributed by atoms with Crippen molar-refractivity contribution in [3.8, 4) is 0 Å². The molecule has 5 nitrogen and oxygen atoms in total. The quantitative estimate of drug-likeness (QED) is 0.846. The van der Waals surface area contributed by atoms with Crippen LogP contribution < -0.4 is 10.6 Å². The summed E-state index contributed by atoms with van der Waals surface area (Å²) in [5.74, 6) is 0.702. The van der Waals surface area contributed by atoms with Crippen molar-refractivity contribution < 1.29 is 13.6 Å². The molecular weight excluding hydrogens is 278 g/mol. The first-order valence-electron chi connectivity index (χ1n) is 7.29. The molecule has 0 saturated heterocycles. The SMILES string of the molecule is CC(C)Cn1ncc(NC(=O)N[C@@H](C)C2CC2)c1C(F)F. The van der Waals surface area contributed by atoms with Crippen LogP contribution in [0.2, 0.25) is 0 Å². The highest BCUT2D eigenvalue weighted by molar-refractivity contribution is 5.90. The maximum absolute atomic E-state index is 13.2. The zero-order chi connectivity index (χ0) is 15.6. The summed E-state index contributed by atoms with van der Waals surface area (Å²) in [6.45, 7) is 6.16. The minimum Gasteiger partial charge on any atom is -0.335 e. The van der Waals surface area contributed by atoms with E-state index in [1.165, 1.54) is 10.9 Å². The van der Waals surface area contributed by atoms with Crippen LogP contribution in [0.25, 0.3) is 0 Å². The molecule has 1 saturated carbocycles. The number of rotatable bonds is 6. The van der Waals surface area contributed by atoms with E-state index in [1.807, 2.05) is 20.8 Å². The van der Waals surface area contributed by atoms with E-state index in [-0.39, 0.29) is 23.3 Å². The summed E-state index contributed by atoms with van der Waals surface area (Å²) < 4.78 is 27.6. The lowest BCUT2D eigenvalue weighted by Gasteiger charge is -2.14. The normalized spacial score (nSPS) is 16.3. The van der Waals surface area contributed by atoms with Crippen LogP contribution in [0, 0.1) is 11.8 Å². The molecule has 0 bridgehead atoms. The maximum Gasteiger partial charge on any atom is 0.319 e. The number of nitrogens with zero attached hydrogens (tertiary/aromatic N) is 2. The molecule has 2 N–H and O–H groups in total. The molecule has 0 unspecified atom stereocenters. The third kappa shape index (κ3) is 4.15. The molecular formula is C14H22F2N4O. The smallest absolute Gasteiger partial charge is 0.319 e. The number of hydrogen-bond donors (Lipinski definition) is 2. The zero-order valence-corrected chi connectivity index (χ0v) is 12.6. The number of nitrogens with one attached hydrogen (secondary N) is 2. The third-order valence-corrected chi connectivity index (χ3v) is 3.56. The Balaban J connectivity index is 2.04. The van der Waals surface area contributed by atoms with Crippen molar-refractivity contribution in [3.63, 3.8) is 0 Å². The van der Waals surface area contributed by atoms with Crippen molar-refractivity contribution in [1.29, 1.82) is 0 Å². The Morgan fingerprint density at radius 2 is 2.10 bits per heavy atom. The van der Waals surface area contributed by atoms with Crippen LogP contribution >= 0.6 is 0 Å². The molecule has 1 fully saturated rings. The molecule has 0 aliphatic heterocycles. The van der Waals surface area contributed by atoms with E-state index in [1.54, 1.807) is 0 Å². The summed E-state index contributed by atoms with van der Waals surface area (Å²) in [7, 11) is 0. The van der Waals surface area contributed by atoms with Gasteiger partial charge in [-0.05, 0) is 31.6 Å². The number of hydrogen-bond acceptors (Lipinski definition) is 2. The van der Waals surface area contributed by atoms with Gasteiger partial charge in [0.15, 0.2) is 0 Å². The first kappa shape index (κ1) is 15.7. The second-order valence-electron chi connectivity index (χ2n) is 6.04. The highest BCUT2D eigenvalue weighted by Crippen LogP contribution is 2.32. The number of aromatic nitrogens is 2. The topological polar surface area (TPSA) is 59.0 Å². The van der Waals surface area contributed by atoms with Gasteiger partial charge in [-0.1, -0.05) is 13.8 Å². The molecule has 7 heteroatoms. The van der Waals surface area contributed by atoms with Crippen molar-refractivity contribution in [1.82, 2.24) is 15.1 Å². The van der Waals surface area contributed by atoms with E-state index in [4.69, 9.17) is 0 Å². The number of amides is 2. The molecule has 118 valence electrons. The molecule has 0 aromatic carbocycles. The number of carbonyl (C=O) groups excluding carboxylic acids is 1. The fraction of sp³-hybridized carbons (Fsp3) is 0.714. The van der Waals surface area contributed by atoms with E-state index in [0.717, 1.165) is 12.8 Å². The summed E-state index contributed by atoms with van der Waals surface area (Å²) in [5, 5.41) is 9.21. The Morgan fingerprint density at radius 3 is 2.62 bits per heavy atom. The Labute approximate surface area is 123 Å². The van der Waals surface area contributed by atoms with Gasteiger partial charge >= 0.3 is 6.03 Å². The summed E-state index contributed by atoms with van der Waals surface area (Å²) in [6.07, 6.45) is 0.819. The summed E-state index contributed by atoms with van der Waals surface area (Å²) in [5.41, 5.74) is -0.163. The minimum atomic E-state index is -2.68. The van der Waals surface area contributed by atoms with Crippen LogP contribution in [-0.4, -0.2) is 21.9 Å². The molecule has 21 heavy (non-hydrogen) atoms. The average molecular weight is 300 g/mol. The van der Waals surface area contributed by atoms with Gasteiger partial charge < -0.3 is 10.6 Å². The van der Waals surface area contributed by atoms with Gasteiger partial charge in [-0.15, -0.1) is 0 Å². The number of anilines is 1. The van der Waals surface area contributed by atoms with Gasteiger partial charge in [0.2, 0.25) is 0 Å². The molecule has 2 amide bonds. The first-order chi connectivity index (χ1) is 9.88. The molecule has 1 aromatic heterocycles. The van der Waals surface area contributed by atoms with Crippen molar-refractivity contribution in [2.24, 2.45) is 11.8 Å². The van der Waals surface area contributed by atoms with Gasteiger partial charge in [0.1, 0.15) is 5.69 Å². The van der Waals surface area contributed by atoms with Crippen LogP contribution in [0.15, 0.2) is 6.20 Å². The van der Waals surface area contributed by atoms with Crippen LogP contribution in [0.4, 0.5) is 19.3 Å². The molecule has 0 radical (unpaired) electrons. The van der Waals surface area contributed by atoms with Crippen LogP contribution in [0.3, 0.4) is 0 Å². The van der Waals surface area contributed by atoms with E-state index in [0.29, 0.717) is 12.5 Å². The van der Waals surface area contributed by atoms with E-state index >= 15 is 0 Å². The Bertz CT molecular complexity index is 497. The largest absolute Gasteiger partial charge is 0.335 e. The third-order valence-electron chi connectivity index (χ3n) is 3.56. The van der Waals surface area contributed by atoms with Gasteiger partial charge in [-0.3, -0.25) is 4.68 Å². The van der Waals surface area contributed by atoms with Gasteiger partial charge in [-0.2, -0.15) is 5.10 Å². The average Bonchev–Trinajstić information content (AvgIpc) is 3.13. The Kier molecular flexibility index (Phi) is 4.80. The predicted molar refractivity (Wildman–Crippen MR) is 76.4 cm³/mol. The number of carbonyl (C=O) groups is 1. The number of urea groups is 1. The van der Waals surface area contributed by atoms with E-state index in [2.05, 4.69) is 15.7 Å². The molecule has 1 aliphatic rings. The predicted octanol–water partition coefficient (Wildman–Crippen LogP) is 3.40. The van der Waals surface area contributed by atoms with Gasteiger partial charge in [0, 0.05) is 12.6 Å². The van der Waals surface area contributed by atoms with Gasteiger partial charge in [0.25, 0.3) is 6.43 Å². The van der Waals surface area contributed by atoms with E-state index in [9.17, 15) is 13.6 Å². The van der Waals surface area contributed by atoms with Gasteiger partial charge in [-0.25, -0.2) is 13.6 Å². The molecule has 1 aliphatic carbocycles. The number of halogens is 2. The summed E-state index contributed by atoms with van der Waals surface area (Å²) in [4.78, 5) is 11.9. The van der Waals surface area contributed by atoms with Crippen molar-refractivity contribution in [2.75, 3.05) is 5.32 Å². The molecule has 2 rings (SSSR count). The lowest BCUT2D eigenvalue weighted by Crippen LogP contribution is -2.37. The summed E-state index contributed by atoms with van der Waals surface area (Å²) in [6, 6.07) is -0.397. The van der Waals surface area contributed by atoms with Crippen LogP contribution in [0.5, 0.6) is 0 Å².